The minimum absolute atomic E-state index is 0.374. The lowest BCUT2D eigenvalue weighted by molar-refractivity contribution is -0.120. The van der Waals surface area contributed by atoms with Gasteiger partial charge in [-0.05, 0) is 18.2 Å². The summed E-state index contributed by atoms with van der Waals surface area (Å²) in [5.41, 5.74) is 0.625. The van der Waals surface area contributed by atoms with Crippen LogP contribution in [-0.4, -0.2) is 19.0 Å². The molecule has 1 fully saturated rings. The van der Waals surface area contributed by atoms with Crippen LogP contribution in [0.15, 0.2) is 22.7 Å². The standard InChI is InChI=1S/C10H9BrN2O3/c1-16-7-3-2-5(11)4-6(7)8-9(14)13-10(15)12-8/h2-4,8H,1H3,(H2,12,13,14,15)/t8-/m0/s1. The summed E-state index contributed by atoms with van der Waals surface area (Å²) in [6, 6.07) is 4.10. The van der Waals surface area contributed by atoms with Crippen LogP contribution in [0.4, 0.5) is 4.79 Å². The summed E-state index contributed by atoms with van der Waals surface area (Å²) in [5.74, 6) is 0.187. The van der Waals surface area contributed by atoms with E-state index < -0.39 is 12.1 Å². The lowest BCUT2D eigenvalue weighted by Gasteiger charge is -2.12. The molecule has 2 rings (SSSR count). The zero-order valence-corrected chi connectivity index (χ0v) is 10.00. The number of urea groups is 1. The van der Waals surface area contributed by atoms with Crippen molar-refractivity contribution in [2.45, 2.75) is 6.04 Å². The number of hydrogen-bond acceptors (Lipinski definition) is 3. The Bertz CT molecular complexity index is 461. The topological polar surface area (TPSA) is 67.4 Å². The van der Waals surface area contributed by atoms with Crippen LogP contribution in [0.2, 0.25) is 0 Å². The summed E-state index contributed by atoms with van der Waals surface area (Å²) < 4.78 is 5.96. The van der Waals surface area contributed by atoms with Crippen molar-refractivity contribution in [2.24, 2.45) is 0 Å². The fourth-order valence-electron chi connectivity index (χ4n) is 1.57. The zero-order chi connectivity index (χ0) is 11.7. The van der Waals surface area contributed by atoms with Crippen LogP contribution in [-0.2, 0) is 4.79 Å². The van der Waals surface area contributed by atoms with E-state index in [1.54, 1.807) is 18.2 Å². The second-order valence-electron chi connectivity index (χ2n) is 3.28. The number of carbonyl (C=O) groups is 2. The summed E-state index contributed by atoms with van der Waals surface area (Å²) in [7, 11) is 1.52. The molecule has 1 atom stereocenters. The van der Waals surface area contributed by atoms with Gasteiger partial charge in [-0.1, -0.05) is 15.9 Å². The summed E-state index contributed by atoms with van der Waals surface area (Å²) in [4.78, 5) is 22.5. The van der Waals surface area contributed by atoms with E-state index in [0.717, 1.165) is 4.47 Å². The number of halogens is 1. The van der Waals surface area contributed by atoms with E-state index >= 15 is 0 Å². The molecule has 1 aromatic carbocycles. The number of rotatable bonds is 2. The Morgan fingerprint density at radius 1 is 1.38 bits per heavy atom. The molecule has 5 nitrogen and oxygen atoms in total. The average Bonchev–Trinajstić information content (AvgIpc) is 2.57. The van der Waals surface area contributed by atoms with Crippen molar-refractivity contribution < 1.29 is 14.3 Å². The summed E-state index contributed by atoms with van der Waals surface area (Å²) in [6.45, 7) is 0. The summed E-state index contributed by atoms with van der Waals surface area (Å²) in [5, 5.41) is 4.70. The van der Waals surface area contributed by atoms with Gasteiger partial charge in [-0.3, -0.25) is 10.1 Å². The van der Waals surface area contributed by atoms with Crippen molar-refractivity contribution in [2.75, 3.05) is 7.11 Å². The van der Waals surface area contributed by atoms with E-state index in [0.29, 0.717) is 11.3 Å². The normalized spacial score (nSPS) is 19.2. The van der Waals surface area contributed by atoms with Crippen LogP contribution in [0.5, 0.6) is 5.75 Å². The Hall–Kier alpha value is -1.56. The van der Waals surface area contributed by atoms with Gasteiger partial charge in [0.15, 0.2) is 0 Å². The molecule has 0 unspecified atom stereocenters. The SMILES string of the molecule is COc1ccc(Br)cc1[C@@H]1NC(=O)NC1=O. The van der Waals surface area contributed by atoms with Crippen molar-refractivity contribution in [3.8, 4) is 5.75 Å². The van der Waals surface area contributed by atoms with Gasteiger partial charge in [0.05, 0.1) is 7.11 Å². The van der Waals surface area contributed by atoms with Crippen molar-refractivity contribution in [3.63, 3.8) is 0 Å². The number of methoxy groups -OCH3 is 1. The van der Waals surface area contributed by atoms with Crippen LogP contribution >= 0.6 is 15.9 Å². The Kier molecular flexibility index (Phi) is 2.82. The highest BCUT2D eigenvalue weighted by Gasteiger charge is 2.32. The molecule has 0 saturated carbocycles. The number of amides is 3. The minimum atomic E-state index is -0.694. The van der Waals surface area contributed by atoms with E-state index in [4.69, 9.17) is 4.74 Å². The zero-order valence-electron chi connectivity index (χ0n) is 8.41. The van der Waals surface area contributed by atoms with Crippen molar-refractivity contribution >= 4 is 27.9 Å². The van der Waals surface area contributed by atoms with E-state index in [9.17, 15) is 9.59 Å². The smallest absolute Gasteiger partial charge is 0.322 e. The molecule has 0 aromatic heterocycles. The van der Waals surface area contributed by atoms with Crippen molar-refractivity contribution in [1.82, 2.24) is 10.6 Å². The first-order valence-corrected chi connectivity index (χ1v) is 5.36. The highest BCUT2D eigenvalue weighted by molar-refractivity contribution is 9.10. The predicted molar refractivity (Wildman–Crippen MR) is 60.1 cm³/mol. The van der Waals surface area contributed by atoms with E-state index in [2.05, 4.69) is 26.6 Å². The van der Waals surface area contributed by atoms with Crippen molar-refractivity contribution in [1.29, 1.82) is 0 Å². The number of hydrogen-bond donors (Lipinski definition) is 2. The van der Waals surface area contributed by atoms with Gasteiger partial charge in [-0.2, -0.15) is 0 Å². The third-order valence-corrected chi connectivity index (χ3v) is 2.77. The molecule has 2 N–H and O–H groups in total. The largest absolute Gasteiger partial charge is 0.496 e. The van der Waals surface area contributed by atoms with Gasteiger partial charge in [0.1, 0.15) is 11.8 Å². The second kappa shape index (κ2) is 4.13. The molecule has 0 radical (unpaired) electrons. The van der Waals surface area contributed by atoms with Gasteiger partial charge in [-0.15, -0.1) is 0 Å². The Labute approximate surface area is 100 Å². The van der Waals surface area contributed by atoms with Gasteiger partial charge < -0.3 is 10.1 Å². The molecular weight excluding hydrogens is 276 g/mol. The minimum Gasteiger partial charge on any atom is -0.496 e. The number of ether oxygens (including phenoxy) is 1. The number of nitrogens with one attached hydrogen (secondary N) is 2. The van der Waals surface area contributed by atoms with Crippen LogP contribution in [0.25, 0.3) is 0 Å². The van der Waals surface area contributed by atoms with Gasteiger partial charge >= 0.3 is 6.03 Å². The fraction of sp³-hybridized carbons (Fsp3) is 0.200. The molecule has 1 aliphatic rings. The van der Waals surface area contributed by atoms with Gasteiger partial charge in [0.2, 0.25) is 0 Å². The monoisotopic (exact) mass is 284 g/mol. The maximum atomic E-state index is 11.5. The molecule has 1 aliphatic heterocycles. The maximum absolute atomic E-state index is 11.5. The Morgan fingerprint density at radius 2 is 2.12 bits per heavy atom. The molecule has 0 bridgehead atoms. The number of imide groups is 1. The van der Waals surface area contributed by atoms with E-state index in [1.807, 2.05) is 0 Å². The van der Waals surface area contributed by atoms with E-state index in [1.165, 1.54) is 7.11 Å². The first-order chi connectivity index (χ1) is 7.61. The quantitative estimate of drug-likeness (QED) is 0.806. The lowest BCUT2D eigenvalue weighted by atomic mass is 10.1. The molecular formula is C10H9BrN2O3. The first-order valence-electron chi connectivity index (χ1n) is 4.56. The molecule has 84 valence electrons. The van der Waals surface area contributed by atoms with Crippen LogP contribution in [0, 0.1) is 0 Å². The van der Waals surface area contributed by atoms with Crippen molar-refractivity contribution in [3.05, 3.63) is 28.2 Å². The first kappa shape index (κ1) is 10.9. The third-order valence-electron chi connectivity index (χ3n) is 2.28. The predicted octanol–water partition coefficient (Wildman–Crippen LogP) is 1.34. The number of benzene rings is 1. The van der Waals surface area contributed by atoms with Gasteiger partial charge in [-0.25, -0.2) is 4.79 Å². The molecule has 3 amide bonds. The van der Waals surface area contributed by atoms with Gasteiger partial charge in [0, 0.05) is 10.0 Å². The summed E-state index contributed by atoms with van der Waals surface area (Å²) >= 11 is 3.31. The Balaban J connectivity index is 2.42. The fourth-order valence-corrected chi connectivity index (χ4v) is 1.95. The molecule has 1 aromatic rings. The molecule has 6 heteroatoms. The second-order valence-corrected chi connectivity index (χ2v) is 4.20. The lowest BCUT2D eigenvalue weighted by Crippen LogP contribution is -2.22. The summed E-state index contributed by atoms with van der Waals surface area (Å²) in [6.07, 6.45) is 0. The van der Waals surface area contributed by atoms with E-state index in [-0.39, 0.29) is 5.91 Å². The highest BCUT2D eigenvalue weighted by atomic mass is 79.9. The molecule has 0 aliphatic carbocycles. The molecule has 16 heavy (non-hydrogen) atoms. The van der Waals surface area contributed by atoms with Crippen LogP contribution < -0.4 is 15.4 Å². The Morgan fingerprint density at radius 3 is 2.69 bits per heavy atom. The third kappa shape index (κ3) is 1.88. The molecule has 1 saturated heterocycles. The van der Waals surface area contributed by atoms with Crippen LogP contribution in [0.3, 0.4) is 0 Å². The molecule has 1 heterocycles. The van der Waals surface area contributed by atoms with Crippen LogP contribution in [0.1, 0.15) is 11.6 Å². The average molecular weight is 285 g/mol. The highest BCUT2D eigenvalue weighted by Crippen LogP contribution is 2.29. The number of carbonyl (C=O) groups excluding carboxylic acids is 2. The van der Waals surface area contributed by atoms with Gasteiger partial charge in [0.25, 0.3) is 5.91 Å². The maximum Gasteiger partial charge on any atom is 0.322 e. The molecule has 0 spiro atoms.